The first-order valence-electron chi connectivity index (χ1n) is 6.27. The molecule has 5 heteroatoms. The second-order valence-electron chi connectivity index (χ2n) is 4.61. The molecule has 0 saturated heterocycles. The number of aromatic nitrogens is 2. The second-order valence-corrected chi connectivity index (χ2v) is 5.38. The molecule has 1 amide bonds. The summed E-state index contributed by atoms with van der Waals surface area (Å²) in [7, 11) is 0. The number of nitrogens with zero attached hydrogens (tertiary/aromatic N) is 2. The van der Waals surface area contributed by atoms with Crippen molar-refractivity contribution in [3.05, 3.63) is 46.8 Å². The number of anilines is 1. The number of nitrogens with one attached hydrogen (secondary N) is 1. The monoisotopic (exact) mass is 287 g/mol. The predicted octanol–water partition coefficient (Wildman–Crippen LogP) is 3.38. The van der Waals surface area contributed by atoms with Gasteiger partial charge in [-0.1, -0.05) is 17.8 Å². The van der Waals surface area contributed by atoms with Crippen LogP contribution in [0.25, 0.3) is 0 Å². The molecule has 0 aliphatic carbocycles. The van der Waals surface area contributed by atoms with Crippen molar-refractivity contribution in [1.82, 2.24) is 9.97 Å². The van der Waals surface area contributed by atoms with Crippen LogP contribution in [0, 0.1) is 20.8 Å². The minimum atomic E-state index is -0.182. The lowest BCUT2D eigenvalue weighted by molar-refractivity contribution is 0.102. The van der Waals surface area contributed by atoms with Crippen molar-refractivity contribution in [3.63, 3.8) is 0 Å². The summed E-state index contributed by atoms with van der Waals surface area (Å²) in [6, 6.07) is 5.84. The lowest BCUT2D eigenvalue weighted by atomic mass is 10.1. The van der Waals surface area contributed by atoms with E-state index >= 15 is 0 Å². The molecule has 4 nitrogen and oxygen atoms in total. The Balaban J connectivity index is 2.21. The van der Waals surface area contributed by atoms with Crippen LogP contribution in [0.4, 0.5) is 5.69 Å². The summed E-state index contributed by atoms with van der Waals surface area (Å²) in [6.45, 7) is 5.88. The van der Waals surface area contributed by atoms with Gasteiger partial charge in [-0.05, 0) is 50.3 Å². The van der Waals surface area contributed by atoms with E-state index < -0.39 is 0 Å². The zero-order valence-electron chi connectivity index (χ0n) is 12.0. The van der Waals surface area contributed by atoms with E-state index in [1.165, 1.54) is 17.3 Å². The maximum atomic E-state index is 12.2. The van der Waals surface area contributed by atoms with Crippen molar-refractivity contribution in [2.45, 2.75) is 25.9 Å². The van der Waals surface area contributed by atoms with E-state index in [0.29, 0.717) is 16.4 Å². The van der Waals surface area contributed by atoms with Gasteiger partial charge in [0.1, 0.15) is 0 Å². The van der Waals surface area contributed by atoms with E-state index in [1.54, 1.807) is 6.20 Å². The van der Waals surface area contributed by atoms with Crippen LogP contribution in [0.3, 0.4) is 0 Å². The molecule has 104 valence electrons. The van der Waals surface area contributed by atoms with Crippen molar-refractivity contribution in [3.8, 4) is 0 Å². The van der Waals surface area contributed by atoms with Gasteiger partial charge in [0.25, 0.3) is 5.91 Å². The molecule has 1 aromatic carbocycles. The van der Waals surface area contributed by atoms with Gasteiger partial charge in [0, 0.05) is 11.9 Å². The minimum absolute atomic E-state index is 0.182. The van der Waals surface area contributed by atoms with Crippen LogP contribution in [-0.2, 0) is 0 Å². The van der Waals surface area contributed by atoms with E-state index in [9.17, 15) is 4.79 Å². The number of amides is 1. The normalized spacial score (nSPS) is 10.4. The van der Waals surface area contributed by atoms with Gasteiger partial charge in [0.05, 0.1) is 11.3 Å². The van der Waals surface area contributed by atoms with Crippen LogP contribution in [0.5, 0.6) is 0 Å². The number of carbonyl (C=O) groups is 1. The number of thioether (sulfide) groups is 1. The van der Waals surface area contributed by atoms with E-state index in [1.807, 2.05) is 45.2 Å². The van der Waals surface area contributed by atoms with Gasteiger partial charge in [0.2, 0.25) is 0 Å². The maximum absolute atomic E-state index is 12.2. The molecule has 2 aromatic rings. The van der Waals surface area contributed by atoms with E-state index in [0.717, 1.165) is 11.3 Å². The first kappa shape index (κ1) is 14.5. The third-order valence-electron chi connectivity index (χ3n) is 3.15. The average Bonchev–Trinajstić information content (AvgIpc) is 2.42. The topological polar surface area (TPSA) is 54.9 Å². The molecular weight excluding hydrogens is 270 g/mol. The molecule has 1 aromatic heterocycles. The van der Waals surface area contributed by atoms with Crippen LogP contribution in [0.15, 0.2) is 29.6 Å². The third-order valence-corrected chi connectivity index (χ3v) is 3.71. The van der Waals surface area contributed by atoms with Crippen molar-refractivity contribution in [2.24, 2.45) is 0 Å². The Morgan fingerprint density at radius 3 is 2.55 bits per heavy atom. The van der Waals surface area contributed by atoms with E-state index in [2.05, 4.69) is 15.3 Å². The summed E-state index contributed by atoms with van der Waals surface area (Å²) in [6.07, 6.45) is 3.48. The van der Waals surface area contributed by atoms with Crippen molar-refractivity contribution < 1.29 is 4.79 Å². The number of benzene rings is 1. The van der Waals surface area contributed by atoms with E-state index in [4.69, 9.17) is 0 Å². The number of hydrogen-bond acceptors (Lipinski definition) is 4. The molecule has 0 bridgehead atoms. The van der Waals surface area contributed by atoms with Gasteiger partial charge in [-0.15, -0.1) is 0 Å². The Morgan fingerprint density at radius 1 is 1.20 bits per heavy atom. The van der Waals surface area contributed by atoms with Crippen LogP contribution < -0.4 is 5.32 Å². The fourth-order valence-electron chi connectivity index (χ4n) is 1.78. The van der Waals surface area contributed by atoms with Gasteiger partial charge < -0.3 is 5.32 Å². The highest BCUT2D eigenvalue weighted by molar-refractivity contribution is 7.98. The number of hydrogen-bond donors (Lipinski definition) is 1. The molecule has 0 atom stereocenters. The zero-order chi connectivity index (χ0) is 14.7. The molecule has 0 aliphatic rings. The Hall–Kier alpha value is -1.88. The SMILES string of the molecule is CSc1ncc(C(=O)Nc2ccc(C)c(C)c2)c(C)n1. The molecule has 20 heavy (non-hydrogen) atoms. The minimum Gasteiger partial charge on any atom is -0.322 e. The van der Waals surface area contributed by atoms with Crippen molar-refractivity contribution in [1.29, 1.82) is 0 Å². The largest absolute Gasteiger partial charge is 0.322 e. The first-order valence-corrected chi connectivity index (χ1v) is 7.50. The quantitative estimate of drug-likeness (QED) is 0.694. The predicted molar refractivity (Wildman–Crippen MR) is 82.4 cm³/mol. The molecule has 0 aliphatic heterocycles. The second kappa shape index (κ2) is 6.05. The highest BCUT2D eigenvalue weighted by Crippen LogP contribution is 2.16. The van der Waals surface area contributed by atoms with Crippen LogP contribution >= 0.6 is 11.8 Å². The van der Waals surface area contributed by atoms with Gasteiger partial charge in [-0.3, -0.25) is 4.79 Å². The van der Waals surface area contributed by atoms with Crippen LogP contribution in [0.2, 0.25) is 0 Å². The number of rotatable bonds is 3. The lowest BCUT2D eigenvalue weighted by Crippen LogP contribution is -2.15. The van der Waals surface area contributed by atoms with E-state index in [-0.39, 0.29) is 5.91 Å². The lowest BCUT2D eigenvalue weighted by Gasteiger charge is -2.09. The zero-order valence-corrected chi connectivity index (χ0v) is 12.8. The molecule has 0 unspecified atom stereocenters. The smallest absolute Gasteiger partial charge is 0.259 e. The maximum Gasteiger partial charge on any atom is 0.259 e. The summed E-state index contributed by atoms with van der Waals surface area (Å²) in [5.41, 5.74) is 4.32. The molecule has 1 heterocycles. The Labute approximate surface area is 123 Å². The standard InChI is InChI=1S/C15H17N3OS/c1-9-5-6-12(7-10(9)2)18-14(19)13-8-16-15(20-4)17-11(13)3/h5-8H,1-4H3,(H,18,19). The van der Waals surface area contributed by atoms with Crippen molar-refractivity contribution >= 4 is 23.4 Å². The summed E-state index contributed by atoms with van der Waals surface area (Å²) in [4.78, 5) is 20.7. The van der Waals surface area contributed by atoms with Gasteiger partial charge in [0.15, 0.2) is 5.16 Å². The molecule has 0 radical (unpaired) electrons. The van der Waals surface area contributed by atoms with Crippen molar-refractivity contribution in [2.75, 3.05) is 11.6 Å². The Bertz CT molecular complexity index is 656. The average molecular weight is 287 g/mol. The molecular formula is C15H17N3OS. The highest BCUT2D eigenvalue weighted by Gasteiger charge is 2.12. The fourth-order valence-corrected chi connectivity index (χ4v) is 2.17. The first-order chi connectivity index (χ1) is 9.51. The molecule has 0 saturated carbocycles. The van der Waals surface area contributed by atoms with Gasteiger partial charge in [-0.2, -0.15) is 0 Å². The molecule has 1 N–H and O–H groups in total. The summed E-state index contributed by atoms with van der Waals surface area (Å²) < 4.78 is 0. The van der Waals surface area contributed by atoms with Crippen LogP contribution in [-0.4, -0.2) is 22.1 Å². The van der Waals surface area contributed by atoms with Gasteiger partial charge in [-0.25, -0.2) is 9.97 Å². The summed E-state index contributed by atoms with van der Waals surface area (Å²) >= 11 is 1.46. The molecule has 2 rings (SSSR count). The van der Waals surface area contributed by atoms with Gasteiger partial charge >= 0.3 is 0 Å². The Kier molecular flexibility index (Phi) is 4.39. The summed E-state index contributed by atoms with van der Waals surface area (Å²) in [5.74, 6) is -0.182. The fraction of sp³-hybridized carbons (Fsp3) is 0.267. The third kappa shape index (κ3) is 3.17. The highest BCUT2D eigenvalue weighted by atomic mass is 32.2. The number of aryl methyl sites for hydroxylation is 3. The summed E-state index contributed by atoms with van der Waals surface area (Å²) in [5, 5.41) is 3.55. The molecule has 0 fully saturated rings. The molecule has 0 spiro atoms. The number of carbonyl (C=O) groups excluding carboxylic acids is 1. The van der Waals surface area contributed by atoms with Crippen LogP contribution in [0.1, 0.15) is 27.2 Å². The Morgan fingerprint density at radius 2 is 1.95 bits per heavy atom.